The van der Waals surface area contributed by atoms with Gasteiger partial charge in [0.25, 0.3) is 5.91 Å². The third-order valence-electron chi connectivity index (χ3n) is 4.61. The van der Waals surface area contributed by atoms with Gasteiger partial charge in [-0.1, -0.05) is 60.1 Å². The summed E-state index contributed by atoms with van der Waals surface area (Å²) in [6.45, 7) is 0.735. The molecule has 0 aromatic heterocycles. The third-order valence-corrected chi connectivity index (χ3v) is 4.94. The molecule has 0 saturated carbocycles. The maximum Gasteiger partial charge on any atom is 0.279 e. The third kappa shape index (κ3) is 5.94. The van der Waals surface area contributed by atoms with Crippen molar-refractivity contribution in [2.75, 3.05) is 39.1 Å². The highest BCUT2D eigenvalue weighted by molar-refractivity contribution is 6.33. The lowest BCUT2D eigenvalue weighted by Crippen LogP contribution is -2.50. The molecular weight excluding hydrogens is 388 g/mol. The smallest absolute Gasteiger partial charge is 0.279 e. The minimum absolute atomic E-state index is 0.155. The van der Waals surface area contributed by atoms with Crippen molar-refractivity contribution in [3.8, 4) is 5.75 Å². The molecule has 152 valence electrons. The first-order valence-electron chi connectivity index (χ1n) is 9.49. The highest BCUT2D eigenvalue weighted by Crippen LogP contribution is 2.25. The Morgan fingerprint density at radius 2 is 1.76 bits per heavy atom. The molecular formula is C23H26ClN2O3+. The monoisotopic (exact) mass is 413 g/mol. The van der Waals surface area contributed by atoms with Crippen molar-refractivity contribution in [3.63, 3.8) is 0 Å². The van der Waals surface area contributed by atoms with Gasteiger partial charge < -0.3 is 19.6 Å². The maximum atomic E-state index is 12.4. The molecule has 0 spiro atoms. The van der Waals surface area contributed by atoms with E-state index >= 15 is 0 Å². The van der Waals surface area contributed by atoms with Crippen LogP contribution in [0.4, 0.5) is 5.69 Å². The number of carbonyl (C=O) groups excluding carboxylic acids is 1. The summed E-state index contributed by atoms with van der Waals surface area (Å²) >= 11 is 6.09. The number of hydrogen-bond donors (Lipinski definition) is 2. The average Bonchev–Trinajstić information content (AvgIpc) is 2.67. The van der Waals surface area contributed by atoms with Crippen molar-refractivity contribution in [3.05, 3.63) is 71.8 Å². The largest absolute Gasteiger partial charge is 0.490 e. The van der Waals surface area contributed by atoms with E-state index in [1.807, 2.05) is 68.7 Å². The zero-order chi connectivity index (χ0) is 20.9. The number of nitrogens with one attached hydrogen (secondary N) is 1. The van der Waals surface area contributed by atoms with Crippen LogP contribution in [0.2, 0.25) is 5.02 Å². The molecule has 0 radical (unpaired) electrons. The molecule has 0 aliphatic heterocycles. The molecule has 3 aromatic rings. The molecule has 0 fully saturated rings. The van der Waals surface area contributed by atoms with Crippen LogP contribution in [0, 0.1) is 0 Å². The number of benzene rings is 3. The predicted molar refractivity (Wildman–Crippen MR) is 117 cm³/mol. The molecule has 0 heterocycles. The van der Waals surface area contributed by atoms with E-state index in [-0.39, 0.29) is 19.1 Å². The Labute approximate surface area is 176 Å². The first kappa shape index (κ1) is 21.1. The van der Waals surface area contributed by atoms with Gasteiger partial charge in [0.05, 0.1) is 24.8 Å². The summed E-state index contributed by atoms with van der Waals surface area (Å²) < 4.78 is 6.18. The maximum absolute atomic E-state index is 12.4. The van der Waals surface area contributed by atoms with Gasteiger partial charge >= 0.3 is 0 Å². The van der Waals surface area contributed by atoms with E-state index in [2.05, 4.69) is 5.32 Å². The Morgan fingerprint density at radius 1 is 1.07 bits per heavy atom. The number of anilines is 1. The average molecular weight is 414 g/mol. The van der Waals surface area contributed by atoms with Gasteiger partial charge in [-0.15, -0.1) is 0 Å². The Hall–Kier alpha value is -2.60. The van der Waals surface area contributed by atoms with E-state index in [0.29, 0.717) is 21.7 Å². The van der Waals surface area contributed by atoms with E-state index in [4.69, 9.17) is 16.3 Å². The van der Waals surface area contributed by atoms with Gasteiger partial charge in [-0.3, -0.25) is 4.79 Å². The summed E-state index contributed by atoms with van der Waals surface area (Å²) in [5.74, 6) is 0.578. The molecule has 6 heteroatoms. The van der Waals surface area contributed by atoms with E-state index in [1.54, 1.807) is 12.1 Å². The van der Waals surface area contributed by atoms with Crippen molar-refractivity contribution < 1.29 is 19.1 Å². The first-order chi connectivity index (χ1) is 13.8. The summed E-state index contributed by atoms with van der Waals surface area (Å²) in [6, 6.07) is 20.9. The van der Waals surface area contributed by atoms with Crippen LogP contribution in [-0.4, -0.2) is 55.4 Å². The van der Waals surface area contributed by atoms with Gasteiger partial charge in [0, 0.05) is 5.39 Å². The fraction of sp³-hybridized carbons (Fsp3) is 0.261. The van der Waals surface area contributed by atoms with Gasteiger partial charge in [0.15, 0.2) is 6.54 Å². The lowest BCUT2D eigenvalue weighted by atomic mass is 10.1. The molecule has 1 amide bonds. The Bertz CT molecular complexity index is 985. The van der Waals surface area contributed by atoms with Crippen LogP contribution < -0.4 is 10.1 Å². The van der Waals surface area contributed by atoms with Crippen molar-refractivity contribution in [1.82, 2.24) is 0 Å². The molecule has 0 unspecified atom stereocenters. The number of hydrogen-bond acceptors (Lipinski definition) is 3. The summed E-state index contributed by atoms with van der Waals surface area (Å²) in [5, 5.41) is 15.9. The second-order valence-corrected chi connectivity index (χ2v) is 8.15. The molecule has 0 aliphatic rings. The highest BCUT2D eigenvalue weighted by Gasteiger charge is 2.25. The Kier molecular flexibility index (Phi) is 6.75. The molecule has 0 aliphatic carbocycles. The molecule has 5 nitrogen and oxygen atoms in total. The van der Waals surface area contributed by atoms with Crippen LogP contribution in [0.25, 0.3) is 10.8 Å². The molecule has 3 rings (SSSR count). The summed E-state index contributed by atoms with van der Waals surface area (Å²) in [7, 11) is 3.79. The summed E-state index contributed by atoms with van der Waals surface area (Å²) in [4.78, 5) is 12.4. The van der Waals surface area contributed by atoms with Crippen molar-refractivity contribution in [2.24, 2.45) is 0 Å². The van der Waals surface area contributed by atoms with Crippen molar-refractivity contribution in [1.29, 1.82) is 0 Å². The number of likely N-dealkylation sites (N-methyl/N-ethyl adjacent to an activating group) is 1. The molecule has 2 N–H and O–H groups in total. The zero-order valence-corrected chi connectivity index (χ0v) is 17.4. The standard InChI is InChI=1S/C23H25ClN2O3/c1-26(2,15-23(28)25-21-12-6-5-11-20(21)24)14-18(27)16-29-22-13-7-9-17-8-3-4-10-19(17)22/h3-13,18,27H,14-16H2,1-2H3/p+1/t18-/m0/s1. The van der Waals surface area contributed by atoms with Crippen LogP contribution in [-0.2, 0) is 4.79 Å². The fourth-order valence-electron chi connectivity index (χ4n) is 3.34. The van der Waals surface area contributed by atoms with Crippen LogP contribution >= 0.6 is 11.6 Å². The van der Waals surface area contributed by atoms with Gasteiger partial charge in [0.1, 0.15) is 25.0 Å². The lowest BCUT2D eigenvalue weighted by molar-refractivity contribution is -0.885. The van der Waals surface area contributed by atoms with Crippen molar-refractivity contribution in [2.45, 2.75) is 6.10 Å². The molecule has 1 atom stereocenters. The second-order valence-electron chi connectivity index (χ2n) is 7.75. The van der Waals surface area contributed by atoms with Gasteiger partial charge in [-0.2, -0.15) is 0 Å². The Balaban J connectivity index is 1.54. The highest BCUT2D eigenvalue weighted by atomic mass is 35.5. The zero-order valence-electron chi connectivity index (χ0n) is 16.6. The summed E-state index contributed by atoms with van der Waals surface area (Å²) in [5.41, 5.74) is 0.582. The SMILES string of the molecule is C[N+](C)(CC(=O)Nc1ccccc1Cl)C[C@H](O)COc1cccc2ccccc12. The number of ether oxygens (including phenoxy) is 1. The van der Waals surface area contributed by atoms with Crippen LogP contribution in [0.15, 0.2) is 66.7 Å². The fourth-order valence-corrected chi connectivity index (χ4v) is 3.52. The van der Waals surface area contributed by atoms with Gasteiger partial charge in [0.2, 0.25) is 0 Å². The van der Waals surface area contributed by atoms with E-state index in [0.717, 1.165) is 16.5 Å². The molecule has 0 bridgehead atoms. The summed E-state index contributed by atoms with van der Waals surface area (Å²) in [6.07, 6.45) is -0.711. The van der Waals surface area contributed by atoms with Crippen molar-refractivity contribution >= 4 is 34.0 Å². The minimum atomic E-state index is -0.711. The number of quaternary nitrogens is 1. The number of para-hydroxylation sites is 1. The number of halogens is 1. The second kappa shape index (κ2) is 9.27. The van der Waals surface area contributed by atoms with E-state index < -0.39 is 6.10 Å². The number of nitrogens with zero attached hydrogens (tertiary/aromatic N) is 1. The quantitative estimate of drug-likeness (QED) is 0.550. The van der Waals surface area contributed by atoms with Crippen LogP contribution in [0.3, 0.4) is 0 Å². The molecule has 29 heavy (non-hydrogen) atoms. The molecule has 0 saturated heterocycles. The number of amides is 1. The normalized spacial score (nSPS) is 12.6. The number of carbonyl (C=O) groups is 1. The van der Waals surface area contributed by atoms with Crippen LogP contribution in [0.5, 0.6) is 5.75 Å². The van der Waals surface area contributed by atoms with Gasteiger partial charge in [-0.05, 0) is 23.6 Å². The molecule has 3 aromatic carbocycles. The number of aliphatic hydroxyl groups is 1. The Morgan fingerprint density at radius 3 is 2.55 bits per heavy atom. The first-order valence-corrected chi connectivity index (χ1v) is 9.87. The van der Waals surface area contributed by atoms with E-state index in [9.17, 15) is 9.90 Å². The number of aliphatic hydroxyl groups excluding tert-OH is 1. The van der Waals surface area contributed by atoms with Gasteiger partial charge in [-0.25, -0.2) is 0 Å². The minimum Gasteiger partial charge on any atom is -0.490 e. The topological polar surface area (TPSA) is 58.6 Å². The predicted octanol–water partition coefficient (Wildman–Crippen LogP) is 3.95. The van der Waals surface area contributed by atoms with Crippen LogP contribution in [0.1, 0.15) is 0 Å². The number of fused-ring (bicyclic) bond motifs is 1. The lowest BCUT2D eigenvalue weighted by Gasteiger charge is -2.31. The number of rotatable bonds is 8. The van der Waals surface area contributed by atoms with E-state index in [1.165, 1.54) is 0 Å².